The Kier molecular flexibility index (Phi) is 4.55. The standard InChI is InChI=1S/C15H24O/c1-6-16-11-13-8-7-9-14(10-13)12(2)15(3,4)5/h7-10,12H,6,11H2,1-5H3. The van der Waals surface area contributed by atoms with Crippen molar-refractivity contribution in [3.05, 3.63) is 35.4 Å². The highest BCUT2D eigenvalue weighted by atomic mass is 16.5. The summed E-state index contributed by atoms with van der Waals surface area (Å²) in [4.78, 5) is 0. The van der Waals surface area contributed by atoms with Gasteiger partial charge in [0.25, 0.3) is 0 Å². The summed E-state index contributed by atoms with van der Waals surface area (Å²) in [7, 11) is 0. The molecule has 0 spiro atoms. The third kappa shape index (κ3) is 3.64. The normalized spacial score (nSPS) is 13.8. The van der Waals surface area contributed by atoms with Gasteiger partial charge in [0, 0.05) is 6.61 Å². The molecule has 1 heteroatoms. The number of hydrogen-bond donors (Lipinski definition) is 0. The molecule has 0 bridgehead atoms. The van der Waals surface area contributed by atoms with Crippen LogP contribution >= 0.6 is 0 Å². The Morgan fingerprint density at radius 3 is 2.50 bits per heavy atom. The van der Waals surface area contributed by atoms with Gasteiger partial charge in [-0.05, 0) is 29.4 Å². The summed E-state index contributed by atoms with van der Waals surface area (Å²) in [6, 6.07) is 8.75. The fraction of sp³-hybridized carbons (Fsp3) is 0.600. The maximum atomic E-state index is 5.44. The molecule has 1 aromatic carbocycles. The molecule has 90 valence electrons. The first kappa shape index (κ1) is 13.2. The van der Waals surface area contributed by atoms with Crippen LogP contribution in [0.25, 0.3) is 0 Å². The Morgan fingerprint density at radius 2 is 1.94 bits per heavy atom. The number of rotatable bonds is 4. The van der Waals surface area contributed by atoms with E-state index in [1.165, 1.54) is 11.1 Å². The van der Waals surface area contributed by atoms with Crippen molar-refractivity contribution in [2.75, 3.05) is 6.61 Å². The van der Waals surface area contributed by atoms with Crippen LogP contribution in [0.4, 0.5) is 0 Å². The molecule has 0 aromatic heterocycles. The van der Waals surface area contributed by atoms with Crippen molar-refractivity contribution in [1.29, 1.82) is 0 Å². The number of benzene rings is 1. The van der Waals surface area contributed by atoms with Gasteiger partial charge in [0.1, 0.15) is 0 Å². The SMILES string of the molecule is CCOCc1cccc(C(C)C(C)(C)C)c1. The van der Waals surface area contributed by atoms with Crippen LogP contribution in [-0.4, -0.2) is 6.61 Å². The lowest BCUT2D eigenvalue weighted by atomic mass is 9.77. The van der Waals surface area contributed by atoms with Crippen molar-refractivity contribution >= 4 is 0 Å². The van der Waals surface area contributed by atoms with Gasteiger partial charge in [0.05, 0.1) is 6.61 Å². The molecule has 1 aromatic rings. The summed E-state index contributed by atoms with van der Waals surface area (Å²) in [6.07, 6.45) is 0. The third-order valence-corrected chi connectivity index (χ3v) is 3.22. The predicted octanol–water partition coefficient (Wildman–Crippen LogP) is 4.37. The minimum absolute atomic E-state index is 0.310. The molecular formula is C15H24O. The lowest BCUT2D eigenvalue weighted by Crippen LogP contribution is -2.15. The molecule has 1 nitrogen and oxygen atoms in total. The van der Waals surface area contributed by atoms with Gasteiger partial charge in [-0.1, -0.05) is 52.0 Å². The van der Waals surface area contributed by atoms with Gasteiger partial charge in [-0.3, -0.25) is 0 Å². The fourth-order valence-corrected chi connectivity index (χ4v) is 1.67. The van der Waals surface area contributed by atoms with Crippen LogP contribution < -0.4 is 0 Å². The van der Waals surface area contributed by atoms with Gasteiger partial charge in [-0.25, -0.2) is 0 Å². The van der Waals surface area contributed by atoms with Crippen LogP contribution in [0.15, 0.2) is 24.3 Å². The largest absolute Gasteiger partial charge is 0.377 e. The molecule has 0 aliphatic heterocycles. The lowest BCUT2D eigenvalue weighted by molar-refractivity contribution is 0.134. The molecule has 1 rings (SSSR count). The van der Waals surface area contributed by atoms with Crippen molar-refractivity contribution in [3.8, 4) is 0 Å². The molecule has 0 aliphatic rings. The average molecular weight is 220 g/mol. The zero-order chi connectivity index (χ0) is 12.2. The molecule has 1 unspecified atom stereocenters. The molecule has 0 heterocycles. The van der Waals surface area contributed by atoms with Gasteiger partial charge in [0.15, 0.2) is 0 Å². The Bertz CT molecular complexity index is 322. The summed E-state index contributed by atoms with van der Waals surface area (Å²) >= 11 is 0. The minimum Gasteiger partial charge on any atom is -0.377 e. The van der Waals surface area contributed by atoms with E-state index < -0.39 is 0 Å². The number of ether oxygens (including phenoxy) is 1. The van der Waals surface area contributed by atoms with Crippen molar-refractivity contribution in [2.45, 2.75) is 47.1 Å². The highest BCUT2D eigenvalue weighted by Crippen LogP contribution is 2.34. The summed E-state index contributed by atoms with van der Waals surface area (Å²) in [5.41, 5.74) is 2.99. The predicted molar refractivity (Wildman–Crippen MR) is 69.6 cm³/mol. The van der Waals surface area contributed by atoms with Gasteiger partial charge in [-0.15, -0.1) is 0 Å². The van der Waals surface area contributed by atoms with E-state index in [4.69, 9.17) is 4.74 Å². The first-order valence-corrected chi connectivity index (χ1v) is 6.11. The molecule has 1 atom stereocenters. The van der Waals surface area contributed by atoms with Crippen molar-refractivity contribution in [2.24, 2.45) is 5.41 Å². The summed E-state index contributed by atoms with van der Waals surface area (Å²) in [5, 5.41) is 0. The van der Waals surface area contributed by atoms with Gasteiger partial charge in [-0.2, -0.15) is 0 Å². The highest BCUT2D eigenvalue weighted by molar-refractivity contribution is 5.26. The Balaban J connectivity index is 2.81. The third-order valence-electron chi connectivity index (χ3n) is 3.22. The minimum atomic E-state index is 0.310. The van der Waals surface area contributed by atoms with E-state index in [9.17, 15) is 0 Å². The number of hydrogen-bond acceptors (Lipinski definition) is 1. The summed E-state index contributed by atoms with van der Waals surface area (Å²) in [6.45, 7) is 12.7. The van der Waals surface area contributed by atoms with Crippen LogP contribution in [0.1, 0.15) is 51.7 Å². The van der Waals surface area contributed by atoms with Crippen LogP contribution in [0.2, 0.25) is 0 Å². The van der Waals surface area contributed by atoms with Crippen LogP contribution in [-0.2, 0) is 11.3 Å². The van der Waals surface area contributed by atoms with Gasteiger partial charge in [0.2, 0.25) is 0 Å². The second-order valence-electron chi connectivity index (χ2n) is 5.47. The first-order valence-electron chi connectivity index (χ1n) is 6.11. The van der Waals surface area contributed by atoms with Crippen LogP contribution in [0, 0.1) is 5.41 Å². The summed E-state index contributed by atoms with van der Waals surface area (Å²) in [5.74, 6) is 0.564. The Hall–Kier alpha value is -0.820. The summed E-state index contributed by atoms with van der Waals surface area (Å²) < 4.78 is 5.44. The zero-order valence-electron chi connectivity index (χ0n) is 11.2. The highest BCUT2D eigenvalue weighted by Gasteiger charge is 2.21. The first-order chi connectivity index (χ1) is 7.45. The molecule has 0 fully saturated rings. The Morgan fingerprint density at radius 1 is 1.25 bits per heavy atom. The Labute approximate surface area is 99.8 Å². The van der Waals surface area contributed by atoms with E-state index >= 15 is 0 Å². The van der Waals surface area contributed by atoms with Gasteiger partial charge >= 0.3 is 0 Å². The fourth-order valence-electron chi connectivity index (χ4n) is 1.67. The van der Waals surface area contributed by atoms with Crippen molar-refractivity contribution in [1.82, 2.24) is 0 Å². The molecule has 0 radical (unpaired) electrons. The molecule has 0 saturated heterocycles. The van der Waals surface area contributed by atoms with Gasteiger partial charge < -0.3 is 4.74 Å². The lowest BCUT2D eigenvalue weighted by Gasteiger charge is -2.28. The molecule has 16 heavy (non-hydrogen) atoms. The van der Waals surface area contributed by atoms with E-state index in [-0.39, 0.29) is 0 Å². The van der Waals surface area contributed by atoms with Crippen molar-refractivity contribution in [3.63, 3.8) is 0 Å². The topological polar surface area (TPSA) is 9.23 Å². The van der Waals surface area contributed by atoms with Crippen LogP contribution in [0.3, 0.4) is 0 Å². The van der Waals surface area contributed by atoms with E-state index in [0.29, 0.717) is 11.3 Å². The second kappa shape index (κ2) is 5.49. The molecule has 0 N–H and O–H groups in total. The van der Waals surface area contributed by atoms with Crippen molar-refractivity contribution < 1.29 is 4.74 Å². The molecule has 0 aliphatic carbocycles. The van der Waals surface area contributed by atoms with E-state index in [1.54, 1.807) is 0 Å². The zero-order valence-corrected chi connectivity index (χ0v) is 11.2. The van der Waals surface area contributed by atoms with E-state index in [0.717, 1.165) is 13.2 Å². The second-order valence-corrected chi connectivity index (χ2v) is 5.47. The average Bonchev–Trinajstić information content (AvgIpc) is 2.24. The van der Waals surface area contributed by atoms with E-state index in [2.05, 4.69) is 52.0 Å². The smallest absolute Gasteiger partial charge is 0.0716 e. The monoisotopic (exact) mass is 220 g/mol. The molecule has 0 amide bonds. The quantitative estimate of drug-likeness (QED) is 0.732. The molecule has 0 saturated carbocycles. The maximum Gasteiger partial charge on any atom is 0.0716 e. The maximum absolute atomic E-state index is 5.44. The van der Waals surface area contributed by atoms with E-state index in [1.807, 2.05) is 6.92 Å². The molecular weight excluding hydrogens is 196 g/mol. The van der Waals surface area contributed by atoms with Crippen LogP contribution in [0.5, 0.6) is 0 Å².